The van der Waals surface area contributed by atoms with Crippen molar-refractivity contribution in [3.8, 4) is 0 Å². The van der Waals surface area contributed by atoms with E-state index in [4.69, 9.17) is 9.57 Å². The molecule has 2 unspecified atom stereocenters. The summed E-state index contributed by atoms with van der Waals surface area (Å²) in [4.78, 5) is 46.1. The van der Waals surface area contributed by atoms with Gasteiger partial charge >= 0.3 is 12.1 Å². The molecule has 2 aliphatic rings. The Kier molecular flexibility index (Phi) is 9.88. The maximum atomic E-state index is 13.7. The number of sulfonamides is 1. The Morgan fingerprint density at radius 3 is 2.30 bits per heavy atom. The molecule has 2 aromatic carbocycles. The summed E-state index contributed by atoms with van der Waals surface area (Å²) < 4.78 is 35.2. The molecule has 0 saturated carbocycles. The Hall–Kier alpha value is -3.98. The second-order valence-corrected chi connectivity index (χ2v) is 14.6. The number of nitrogens with zero attached hydrogens (tertiary/aromatic N) is 1. The first-order valence-electron chi connectivity index (χ1n) is 14.8. The van der Waals surface area contributed by atoms with E-state index >= 15 is 0 Å². The molecule has 0 radical (unpaired) electrons. The first-order chi connectivity index (χ1) is 21.4. The number of hydrogen-bond donors (Lipinski definition) is 5. The number of hydrogen-bond acceptors (Lipinski definition) is 9. The first-order valence-corrected chi connectivity index (χ1v) is 16.3. The molecule has 0 bridgehead atoms. The molecule has 13 nitrogen and oxygen atoms in total. The van der Waals surface area contributed by atoms with Gasteiger partial charge in [0.15, 0.2) is 5.54 Å². The van der Waals surface area contributed by atoms with Gasteiger partial charge in [-0.05, 0) is 49.0 Å². The van der Waals surface area contributed by atoms with Crippen molar-refractivity contribution in [3.05, 3.63) is 76.5 Å². The number of carboxylic acids is 1. The predicted molar refractivity (Wildman–Crippen MR) is 168 cm³/mol. The molecule has 3 atom stereocenters. The van der Waals surface area contributed by atoms with Crippen LogP contribution in [0.15, 0.2) is 59.1 Å². The van der Waals surface area contributed by atoms with E-state index in [0.717, 1.165) is 11.1 Å². The predicted octanol–water partition coefficient (Wildman–Crippen LogP) is 2.44. The number of hydroxylamine groups is 1. The Morgan fingerprint density at radius 2 is 1.74 bits per heavy atom. The molecule has 1 fully saturated rings. The van der Waals surface area contributed by atoms with E-state index in [9.17, 15) is 33.0 Å². The van der Waals surface area contributed by atoms with Crippen LogP contribution in [0.4, 0.5) is 4.79 Å². The van der Waals surface area contributed by atoms with E-state index in [1.807, 2.05) is 37.3 Å². The number of rotatable bonds is 10. The summed E-state index contributed by atoms with van der Waals surface area (Å²) in [5, 5.41) is 23.0. The van der Waals surface area contributed by atoms with Gasteiger partial charge in [0, 0.05) is 13.0 Å². The van der Waals surface area contributed by atoms with Gasteiger partial charge in [-0.1, -0.05) is 68.8 Å². The van der Waals surface area contributed by atoms with Crippen molar-refractivity contribution in [2.75, 3.05) is 19.7 Å². The summed E-state index contributed by atoms with van der Waals surface area (Å²) >= 11 is 0. The lowest BCUT2D eigenvalue weighted by Gasteiger charge is -2.41. The molecule has 2 heterocycles. The smallest absolute Gasteiger partial charge is 0.410 e. The minimum atomic E-state index is -4.37. The van der Waals surface area contributed by atoms with Crippen molar-refractivity contribution >= 4 is 28.0 Å². The van der Waals surface area contributed by atoms with Gasteiger partial charge in [-0.15, -0.1) is 0 Å². The fourth-order valence-electron chi connectivity index (χ4n) is 6.01. The molecule has 1 saturated heterocycles. The van der Waals surface area contributed by atoms with E-state index in [1.165, 1.54) is 11.0 Å². The largest absolute Gasteiger partial charge is 0.480 e. The summed E-state index contributed by atoms with van der Waals surface area (Å²) in [6.45, 7) is 8.85. The Balaban J connectivity index is 1.51. The minimum absolute atomic E-state index is 0.0221. The molecule has 250 valence electrons. The quantitative estimate of drug-likeness (QED) is 0.254. The SMILES string of the molecule is Cc1cc(C)c(S(=O)(=O)NC(CNC(=O)C2=C[C@]3(CC(CO)N(C(=O)OCc4ccccc4)C3)ON2)(C(=O)O)C(C)(C)C)c(C)c1. The second-order valence-electron chi connectivity index (χ2n) is 13.0. The van der Waals surface area contributed by atoms with Crippen LogP contribution in [-0.4, -0.2) is 78.4 Å². The van der Waals surface area contributed by atoms with Gasteiger partial charge in [-0.2, -0.15) is 4.72 Å². The maximum absolute atomic E-state index is 13.7. The highest BCUT2D eigenvalue weighted by atomic mass is 32.2. The summed E-state index contributed by atoms with van der Waals surface area (Å²) in [6.07, 6.45) is 0.972. The number of carboxylic acid groups (broad SMARTS) is 1. The molecule has 0 aliphatic carbocycles. The Labute approximate surface area is 269 Å². The fourth-order valence-corrected chi connectivity index (χ4v) is 8.00. The molecular weight excluding hydrogens is 616 g/mol. The standard InChI is InChI=1S/C32H42N4O9S/c1-20-12-21(2)26(22(3)13-20)46(42,43)35-32(28(39)40,30(4,5)6)18-33-27(38)25-15-31(45-34-25)14-24(16-37)36(19-31)29(41)44-17-23-10-8-7-9-11-23/h7-13,15,24,34-35,37H,14,16-19H2,1-6H3,(H,33,38)(H,39,40)/t24?,31-,32?/m0/s1. The molecule has 0 aromatic heterocycles. The molecule has 4 rings (SSSR count). The van der Waals surface area contributed by atoms with E-state index < -0.39 is 57.1 Å². The number of carbonyl (C=O) groups is 3. The second kappa shape index (κ2) is 13.0. The number of aliphatic hydroxyl groups excluding tert-OH is 1. The van der Waals surface area contributed by atoms with Gasteiger partial charge < -0.3 is 20.3 Å². The number of aliphatic hydroxyl groups is 1. The number of nitrogens with one attached hydrogen (secondary N) is 3. The van der Waals surface area contributed by atoms with Crippen LogP contribution in [0.2, 0.25) is 0 Å². The summed E-state index contributed by atoms with van der Waals surface area (Å²) in [5.41, 5.74) is 0.539. The van der Waals surface area contributed by atoms with Crippen LogP contribution in [-0.2, 0) is 35.8 Å². The number of benzene rings is 2. The first kappa shape index (κ1) is 34.9. The van der Waals surface area contributed by atoms with Crippen LogP contribution < -0.4 is 15.5 Å². The zero-order chi connectivity index (χ0) is 34.1. The highest BCUT2D eigenvalue weighted by Gasteiger charge is 2.53. The van der Waals surface area contributed by atoms with Gasteiger partial charge in [-0.3, -0.25) is 24.8 Å². The topological polar surface area (TPSA) is 184 Å². The lowest BCUT2D eigenvalue weighted by molar-refractivity contribution is -0.148. The molecule has 2 aromatic rings. The van der Waals surface area contributed by atoms with Crippen molar-refractivity contribution in [3.63, 3.8) is 0 Å². The number of amides is 2. The van der Waals surface area contributed by atoms with E-state index in [-0.39, 0.29) is 36.8 Å². The highest BCUT2D eigenvalue weighted by molar-refractivity contribution is 7.89. The summed E-state index contributed by atoms with van der Waals surface area (Å²) in [7, 11) is -4.37. The number of ether oxygens (including phenoxy) is 1. The van der Waals surface area contributed by atoms with E-state index in [2.05, 4.69) is 15.5 Å². The van der Waals surface area contributed by atoms with E-state index in [1.54, 1.807) is 46.8 Å². The number of likely N-dealkylation sites (tertiary alicyclic amines) is 1. The summed E-state index contributed by atoms with van der Waals surface area (Å²) in [6, 6.07) is 11.9. The lowest BCUT2D eigenvalue weighted by atomic mass is 9.74. The highest BCUT2D eigenvalue weighted by Crippen LogP contribution is 2.36. The van der Waals surface area contributed by atoms with Crippen LogP contribution in [0.25, 0.3) is 0 Å². The van der Waals surface area contributed by atoms with Crippen LogP contribution in [0.3, 0.4) is 0 Å². The van der Waals surface area contributed by atoms with Crippen LogP contribution in [0.1, 0.15) is 49.4 Å². The van der Waals surface area contributed by atoms with Crippen molar-refractivity contribution < 1.29 is 42.6 Å². The van der Waals surface area contributed by atoms with Gasteiger partial charge in [0.2, 0.25) is 10.0 Å². The normalized spacial score (nSPS) is 21.0. The monoisotopic (exact) mass is 658 g/mol. The Bertz CT molecular complexity index is 1620. The number of aliphatic carboxylic acids is 1. The number of aryl methyl sites for hydroxylation is 3. The van der Waals surface area contributed by atoms with Gasteiger partial charge in [0.25, 0.3) is 5.91 Å². The maximum Gasteiger partial charge on any atom is 0.410 e. The molecular formula is C32H42N4O9S. The average Bonchev–Trinajstić information content (AvgIpc) is 3.56. The van der Waals surface area contributed by atoms with Crippen molar-refractivity contribution in [1.29, 1.82) is 0 Å². The average molecular weight is 659 g/mol. The Morgan fingerprint density at radius 1 is 1.11 bits per heavy atom. The fraction of sp³-hybridized carbons (Fsp3) is 0.469. The van der Waals surface area contributed by atoms with Crippen molar-refractivity contribution in [1.82, 2.24) is 20.4 Å². The molecule has 14 heteroatoms. The van der Waals surface area contributed by atoms with Crippen LogP contribution >= 0.6 is 0 Å². The molecule has 2 aliphatic heterocycles. The van der Waals surface area contributed by atoms with Crippen LogP contribution in [0, 0.1) is 26.2 Å². The molecule has 1 spiro atoms. The minimum Gasteiger partial charge on any atom is -0.480 e. The number of carbonyl (C=O) groups excluding carboxylic acids is 2. The lowest BCUT2D eigenvalue weighted by Crippen LogP contribution is -2.67. The summed E-state index contributed by atoms with van der Waals surface area (Å²) in [5.74, 6) is -2.22. The third-order valence-electron chi connectivity index (χ3n) is 8.47. The third kappa shape index (κ3) is 7.04. The van der Waals surface area contributed by atoms with Gasteiger partial charge in [-0.25, -0.2) is 13.2 Å². The molecule has 5 N–H and O–H groups in total. The molecule has 2 amide bonds. The van der Waals surface area contributed by atoms with E-state index in [0.29, 0.717) is 11.1 Å². The zero-order valence-corrected chi connectivity index (χ0v) is 27.7. The molecule has 46 heavy (non-hydrogen) atoms. The van der Waals surface area contributed by atoms with Crippen molar-refractivity contribution in [2.24, 2.45) is 5.41 Å². The van der Waals surface area contributed by atoms with Crippen molar-refractivity contribution in [2.45, 2.75) is 76.6 Å². The third-order valence-corrected chi connectivity index (χ3v) is 10.3. The zero-order valence-electron chi connectivity index (χ0n) is 26.8. The van der Waals surface area contributed by atoms with Gasteiger partial charge in [0.1, 0.15) is 17.9 Å². The van der Waals surface area contributed by atoms with Crippen LogP contribution in [0.5, 0.6) is 0 Å². The van der Waals surface area contributed by atoms with Gasteiger partial charge in [0.05, 0.1) is 24.1 Å².